The number of ether oxygens (including phenoxy) is 1. The molecule has 0 spiro atoms. The number of unbranched alkanes of at least 4 members (excludes halogenated alkanes) is 1. The van der Waals surface area contributed by atoms with Crippen molar-refractivity contribution in [1.82, 2.24) is 5.32 Å². The van der Waals surface area contributed by atoms with Crippen molar-refractivity contribution in [1.29, 1.82) is 0 Å². The number of rotatable bonds is 12. The molecule has 31 heavy (non-hydrogen) atoms. The van der Waals surface area contributed by atoms with Gasteiger partial charge in [0.25, 0.3) is 10.0 Å². The number of benzene rings is 2. The SMILES string of the molecule is CCCC[C@@H](CC)CNC(=O)CN(c1cc(Cl)ccc1OC)S(=O)(=O)c1ccccc1. The minimum atomic E-state index is -4.02. The molecule has 0 heterocycles. The number of hydrogen-bond acceptors (Lipinski definition) is 4. The molecule has 1 amide bonds. The molecular formula is C23H31ClN2O4S. The first-order valence-electron chi connectivity index (χ1n) is 10.5. The summed E-state index contributed by atoms with van der Waals surface area (Å²) in [6.45, 7) is 4.37. The van der Waals surface area contributed by atoms with Crippen LogP contribution in [0.2, 0.25) is 5.02 Å². The Balaban J connectivity index is 2.33. The highest BCUT2D eigenvalue weighted by atomic mass is 35.5. The standard InChI is InChI=1S/C23H31ClN2O4S/c1-4-6-10-18(5-2)16-25-23(27)17-26(21-15-19(24)13-14-22(21)30-3)31(28,29)20-11-8-7-9-12-20/h7-9,11-15,18H,4-6,10,16-17H2,1-3H3,(H,25,27)/t18-/m1/s1. The number of anilines is 1. The zero-order chi connectivity index (χ0) is 22.9. The van der Waals surface area contributed by atoms with Crippen molar-refractivity contribution in [2.24, 2.45) is 5.92 Å². The molecule has 170 valence electrons. The van der Waals surface area contributed by atoms with Crippen LogP contribution < -0.4 is 14.4 Å². The van der Waals surface area contributed by atoms with Gasteiger partial charge in [0, 0.05) is 11.6 Å². The van der Waals surface area contributed by atoms with Gasteiger partial charge in [-0.05, 0) is 42.7 Å². The molecule has 0 fully saturated rings. The number of nitrogens with one attached hydrogen (secondary N) is 1. The van der Waals surface area contributed by atoms with Gasteiger partial charge in [-0.25, -0.2) is 8.42 Å². The molecule has 2 aromatic rings. The van der Waals surface area contributed by atoms with E-state index in [0.717, 1.165) is 30.0 Å². The molecule has 0 radical (unpaired) electrons. The van der Waals surface area contributed by atoms with Crippen molar-refractivity contribution in [2.75, 3.05) is 24.5 Å². The highest BCUT2D eigenvalue weighted by Crippen LogP contribution is 2.34. The molecule has 0 aromatic heterocycles. The van der Waals surface area contributed by atoms with Crippen molar-refractivity contribution in [2.45, 2.75) is 44.4 Å². The zero-order valence-corrected chi connectivity index (χ0v) is 19.9. The van der Waals surface area contributed by atoms with Crippen molar-refractivity contribution < 1.29 is 17.9 Å². The molecule has 6 nitrogen and oxygen atoms in total. The molecule has 0 saturated heterocycles. The van der Waals surface area contributed by atoms with Gasteiger partial charge in [-0.1, -0.05) is 62.9 Å². The molecule has 2 rings (SSSR count). The third-order valence-electron chi connectivity index (χ3n) is 5.16. The van der Waals surface area contributed by atoms with Gasteiger partial charge in [0.2, 0.25) is 5.91 Å². The summed E-state index contributed by atoms with van der Waals surface area (Å²) in [6, 6.07) is 12.7. The lowest BCUT2D eigenvalue weighted by Gasteiger charge is -2.26. The second-order valence-corrected chi connectivity index (χ2v) is 9.66. The van der Waals surface area contributed by atoms with Gasteiger partial charge < -0.3 is 10.1 Å². The fraction of sp³-hybridized carbons (Fsp3) is 0.435. The van der Waals surface area contributed by atoms with Gasteiger partial charge >= 0.3 is 0 Å². The first-order chi connectivity index (χ1) is 14.8. The van der Waals surface area contributed by atoms with Crippen LogP contribution in [0.5, 0.6) is 5.75 Å². The average Bonchev–Trinajstić information content (AvgIpc) is 2.78. The summed E-state index contributed by atoms with van der Waals surface area (Å²) in [4.78, 5) is 12.9. The van der Waals surface area contributed by atoms with E-state index < -0.39 is 10.0 Å². The number of carbonyl (C=O) groups excluding carboxylic acids is 1. The number of carbonyl (C=O) groups is 1. The highest BCUT2D eigenvalue weighted by molar-refractivity contribution is 7.92. The minimum Gasteiger partial charge on any atom is -0.495 e. The molecule has 0 unspecified atom stereocenters. The summed E-state index contributed by atoms with van der Waals surface area (Å²) in [5.41, 5.74) is 0.215. The van der Waals surface area contributed by atoms with E-state index in [0.29, 0.717) is 23.2 Å². The summed E-state index contributed by atoms with van der Waals surface area (Å²) in [7, 11) is -2.58. The van der Waals surface area contributed by atoms with E-state index >= 15 is 0 Å². The van der Waals surface area contributed by atoms with Crippen LogP contribution in [-0.2, 0) is 14.8 Å². The Morgan fingerprint density at radius 2 is 1.87 bits per heavy atom. The maximum absolute atomic E-state index is 13.4. The highest BCUT2D eigenvalue weighted by Gasteiger charge is 2.29. The molecule has 0 saturated carbocycles. The zero-order valence-electron chi connectivity index (χ0n) is 18.3. The summed E-state index contributed by atoms with van der Waals surface area (Å²) in [6.07, 6.45) is 4.18. The largest absolute Gasteiger partial charge is 0.495 e. The van der Waals surface area contributed by atoms with E-state index in [1.54, 1.807) is 30.3 Å². The molecule has 1 atom stereocenters. The van der Waals surface area contributed by atoms with E-state index in [4.69, 9.17) is 16.3 Å². The Kier molecular flexibility index (Phi) is 9.65. The van der Waals surface area contributed by atoms with Crippen LogP contribution in [0.4, 0.5) is 5.69 Å². The van der Waals surface area contributed by atoms with Gasteiger partial charge in [0.05, 0.1) is 17.7 Å². The van der Waals surface area contributed by atoms with Gasteiger partial charge in [-0.3, -0.25) is 9.10 Å². The van der Waals surface area contributed by atoms with Crippen LogP contribution in [0.3, 0.4) is 0 Å². The van der Waals surface area contributed by atoms with Gasteiger partial charge in [-0.15, -0.1) is 0 Å². The Morgan fingerprint density at radius 1 is 1.16 bits per heavy atom. The van der Waals surface area contributed by atoms with Crippen LogP contribution in [-0.4, -0.2) is 34.5 Å². The van der Waals surface area contributed by atoms with Crippen LogP contribution in [0.15, 0.2) is 53.4 Å². The predicted octanol–water partition coefficient (Wildman–Crippen LogP) is 4.88. The minimum absolute atomic E-state index is 0.0826. The number of hydrogen-bond donors (Lipinski definition) is 1. The molecule has 0 aliphatic heterocycles. The lowest BCUT2D eigenvalue weighted by atomic mass is 9.99. The first kappa shape index (κ1) is 25.0. The molecule has 0 bridgehead atoms. The maximum Gasteiger partial charge on any atom is 0.264 e. The van der Waals surface area contributed by atoms with Crippen molar-refractivity contribution in [3.63, 3.8) is 0 Å². The molecule has 1 N–H and O–H groups in total. The summed E-state index contributed by atoms with van der Waals surface area (Å²) < 4.78 is 33.3. The average molecular weight is 467 g/mol. The predicted molar refractivity (Wildman–Crippen MR) is 125 cm³/mol. The lowest BCUT2D eigenvalue weighted by Crippen LogP contribution is -2.42. The maximum atomic E-state index is 13.4. The second kappa shape index (κ2) is 12.0. The number of methoxy groups -OCH3 is 1. The third-order valence-corrected chi connectivity index (χ3v) is 7.17. The number of nitrogens with zero attached hydrogens (tertiary/aromatic N) is 1. The quantitative estimate of drug-likeness (QED) is 0.483. The monoisotopic (exact) mass is 466 g/mol. The number of sulfonamides is 1. The molecule has 8 heteroatoms. The van der Waals surface area contributed by atoms with Gasteiger partial charge in [-0.2, -0.15) is 0 Å². The Morgan fingerprint density at radius 3 is 2.48 bits per heavy atom. The molecule has 0 aliphatic carbocycles. The molecular weight excluding hydrogens is 436 g/mol. The van der Waals surface area contributed by atoms with Crippen LogP contribution in [0, 0.1) is 5.92 Å². The lowest BCUT2D eigenvalue weighted by molar-refractivity contribution is -0.119. The third kappa shape index (κ3) is 6.87. The van der Waals surface area contributed by atoms with E-state index in [1.165, 1.54) is 25.3 Å². The summed E-state index contributed by atoms with van der Waals surface area (Å²) >= 11 is 6.14. The van der Waals surface area contributed by atoms with E-state index in [1.807, 2.05) is 0 Å². The van der Waals surface area contributed by atoms with Crippen LogP contribution in [0.1, 0.15) is 39.5 Å². The topological polar surface area (TPSA) is 75.7 Å². The van der Waals surface area contributed by atoms with E-state index in [9.17, 15) is 13.2 Å². The van der Waals surface area contributed by atoms with Gasteiger partial charge in [0.1, 0.15) is 12.3 Å². The Labute approximate surface area is 190 Å². The van der Waals surface area contributed by atoms with Crippen LogP contribution in [0.25, 0.3) is 0 Å². The molecule has 0 aliphatic rings. The Hall–Kier alpha value is -2.25. The van der Waals surface area contributed by atoms with E-state index in [2.05, 4.69) is 19.2 Å². The first-order valence-corrected chi connectivity index (χ1v) is 12.3. The smallest absolute Gasteiger partial charge is 0.264 e. The van der Waals surface area contributed by atoms with E-state index in [-0.39, 0.29) is 23.0 Å². The normalized spacial score (nSPS) is 12.3. The summed E-state index contributed by atoms with van der Waals surface area (Å²) in [5.74, 6) is 0.298. The fourth-order valence-corrected chi connectivity index (χ4v) is 4.88. The van der Waals surface area contributed by atoms with Crippen molar-refractivity contribution in [3.8, 4) is 5.75 Å². The van der Waals surface area contributed by atoms with Crippen LogP contribution >= 0.6 is 11.6 Å². The molecule has 2 aromatic carbocycles. The van der Waals surface area contributed by atoms with Crippen molar-refractivity contribution in [3.05, 3.63) is 53.6 Å². The summed E-state index contributed by atoms with van der Waals surface area (Å²) in [5, 5.41) is 3.24. The van der Waals surface area contributed by atoms with Crippen molar-refractivity contribution >= 4 is 33.2 Å². The fourth-order valence-electron chi connectivity index (χ4n) is 3.27. The second-order valence-electron chi connectivity index (χ2n) is 7.36. The number of amides is 1. The number of halogens is 1. The van der Waals surface area contributed by atoms with Gasteiger partial charge in [0.15, 0.2) is 0 Å². The Bertz CT molecular complexity index is 951.